The van der Waals surface area contributed by atoms with Crippen LogP contribution in [0.15, 0.2) is 24.3 Å². The van der Waals surface area contributed by atoms with Crippen molar-refractivity contribution in [2.75, 3.05) is 0 Å². The second-order valence-corrected chi connectivity index (χ2v) is 6.95. The molecule has 1 heterocycles. The fourth-order valence-electron chi connectivity index (χ4n) is 2.79. The van der Waals surface area contributed by atoms with Gasteiger partial charge in [-0.25, -0.2) is 0 Å². The third-order valence-electron chi connectivity index (χ3n) is 3.87. The van der Waals surface area contributed by atoms with Gasteiger partial charge in [0, 0.05) is 6.54 Å². The zero-order chi connectivity index (χ0) is 15.8. The van der Waals surface area contributed by atoms with E-state index < -0.39 is 12.1 Å². The van der Waals surface area contributed by atoms with Crippen molar-refractivity contribution in [1.82, 2.24) is 10.2 Å². The van der Waals surface area contributed by atoms with Crippen LogP contribution in [0.25, 0.3) is 0 Å². The smallest absolute Gasteiger partial charge is 0.245 e. The van der Waals surface area contributed by atoms with Crippen LogP contribution in [-0.2, 0) is 16.1 Å². The molecular formula is C17H24N2O2. The first-order valence-electron chi connectivity index (χ1n) is 7.36. The molecule has 2 unspecified atom stereocenters. The Hall–Kier alpha value is -1.84. The van der Waals surface area contributed by atoms with Crippen molar-refractivity contribution in [2.45, 2.75) is 53.2 Å². The van der Waals surface area contributed by atoms with Gasteiger partial charge in [0.25, 0.3) is 0 Å². The second kappa shape index (κ2) is 5.51. The van der Waals surface area contributed by atoms with Gasteiger partial charge in [-0.2, -0.15) is 0 Å². The third kappa shape index (κ3) is 3.26. The van der Waals surface area contributed by atoms with E-state index in [2.05, 4.69) is 5.32 Å². The number of aryl methyl sites for hydroxylation is 1. The largest absolute Gasteiger partial charge is 0.343 e. The van der Waals surface area contributed by atoms with Crippen LogP contribution < -0.4 is 5.32 Å². The van der Waals surface area contributed by atoms with Crippen LogP contribution in [0.5, 0.6) is 0 Å². The quantitative estimate of drug-likeness (QED) is 0.907. The number of hydrogen-bond donors (Lipinski definition) is 1. The molecule has 0 aliphatic carbocycles. The first-order chi connectivity index (χ1) is 9.70. The molecule has 2 amide bonds. The van der Waals surface area contributed by atoms with E-state index in [4.69, 9.17) is 0 Å². The predicted octanol–water partition coefficient (Wildman–Crippen LogP) is 2.26. The van der Waals surface area contributed by atoms with Crippen LogP contribution in [0.1, 0.15) is 38.8 Å². The van der Waals surface area contributed by atoms with E-state index in [0.29, 0.717) is 6.54 Å². The van der Waals surface area contributed by atoms with Gasteiger partial charge >= 0.3 is 0 Å². The number of hydrogen-bond acceptors (Lipinski definition) is 2. The summed E-state index contributed by atoms with van der Waals surface area (Å²) in [6.07, 6.45) is 0. The molecule has 1 aliphatic heterocycles. The van der Waals surface area contributed by atoms with Gasteiger partial charge in [-0.05, 0) is 24.8 Å². The summed E-state index contributed by atoms with van der Waals surface area (Å²) in [5, 5.41) is 2.78. The highest BCUT2D eigenvalue weighted by molar-refractivity contribution is 5.97. The molecule has 4 heteroatoms. The van der Waals surface area contributed by atoms with E-state index in [1.807, 2.05) is 52.0 Å². The Balaban J connectivity index is 2.32. The van der Waals surface area contributed by atoms with Crippen molar-refractivity contribution in [3.05, 3.63) is 35.4 Å². The molecule has 1 aromatic rings. The fourth-order valence-corrected chi connectivity index (χ4v) is 2.79. The SMILES string of the molecule is Cc1ccc(CN2C(=O)C(C)NC(=O)C2C(C)(C)C)cc1. The van der Waals surface area contributed by atoms with E-state index in [1.54, 1.807) is 11.8 Å². The maximum Gasteiger partial charge on any atom is 0.245 e. The predicted molar refractivity (Wildman–Crippen MR) is 82.6 cm³/mol. The highest BCUT2D eigenvalue weighted by Crippen LogP contribution is 2.29. The molecule has 0 radical (unpaired) electrons. The molecule has 1 saturated heterocycles. The standard InChI is InChI=1S/C17H24N2O2/c1-11-6-8-13(9-7-11)10-19-14(17(3,4)5)15(20)18-12(2)16(19)21/h6-9,12,14H,10H2,1-5H3,(H,18,20). The number of amides is 2. The Morgan fingerprint density at radius 1 is 1.14 bits per heavy atom. The van der Waals surface area contributed by atoms with Gasteiger partial charge in [-0.1, -0.05) is 50.6 Å². The maximum atomic E-state index is 12.5. The molecule has 0 aromatic heterocycles. The van der Waals surface area contributed by atoms with E-state index in [-0.39, 0.29) is 17.2 Å². The highest BCUT2D eigenvalue weighted by Gasteiger charge is 2.44. The van der Waals surface area contributed by atoms with Crippen LogP contribution in [0.3, 0.4) is 0 Å². The van der Waals surface area contributed by atoms with E-state index in [1.165, 1.54) is 5.56 Å². The Bertz CT molecular complexity index is 543. The molecule has 1 N–H and O–H groups in total. The van der Waals surface area contributed by atoms with Crippen LogP contribution in [0.2, 0.25) is 0 Å². The summed E-state index contributed by atoms with van der Waals surface area (Å²) in [7, 11) is 0. The Morgan fingerprint density at radius 2 is 1.71 bits per heavy atom. The summed E-state index contributed by atoms with van der Waals surface area (Å²) in [6.45, 7) is 10.2. The normalized spacial score (nSPS) is 23.2. The summed E-state index contributed by atoms with van der Waals surface area (Å²) in [5.74, 6) is -0.0863. The average Bonchev–Trinajstić information content (AvgIpc) is 2.36. The van der Waals surface area contributed by atoms with Gasteiger partial charge in [-0.3, -0.25) is 9.59 Å². The fraction of sp³-hybridized carbons (Fsp3) is 0.529. The lowest BCUT2D eigenvalue weighted by atomic mass is 9.83. The van der Waals surface area contributed by atoms with Crippen LogP contribution in [-0.4, -0.2) is 28.8 Å². The summed E-state index contributed by atoms with van der Waals surface area (Å²) < 4.78 is 0. The van der Waals surface area contributed by atoms with E-state index in [9.17, 15) is 9.59 Å². The molecule has 21 heavy (non-hydrogen) atoms. The molecule has 114 valence electrons. The number of carbonyl (C=O) groups is 2. The Labute approximate surface area is 126 Å². The number of piperazine rings is 1. The summed E-state index contributed by atoms with van der Waals surface area (Å²) >= 11 is 0. The number of nitrogens with one attached hydrogen (secondary N) is 1. The molecule has 1 fully saturated rings. The monoisotopic (exact) mass is 288 g/mol. The minimum absolute atomic E-state index is 0.0184. The van der Waals surface area contributed by atoms with E-state index in [0.717, 1.165) is 5.56 Å². The number of carbonyl (C=O) groups excluding carboxylic acids is 2. The molecule has 0 spiro atoms. The molecule has 0 saturated carbocycles. The highest BCUT2D eigenvalue weighted by atomic mass is 16.2. The minimum atomic E-state index is -0.457. The molecule has 4 nitrogen and oxygen atoms in total. The lowest BCUT2D eigenvalue weighted by Gasteiger charge is -2.44. The molecule has 2 rings (SSSR count). The van der Waals surface area contributed by atoms with Crippen molar-refractivity contribution < 1.29 is 9.59 Å². The van der Waals surface area contributed by atoms with Gasteiger partial charge in [0.1, 0.15) is 12.1 Å². The zero-order valence-electron chi connectivity index (χ0n) is 13.4. The van der Waals surface area contributed by atoms with Crippen molar-refractivity contribution in [3.8, 4) is 0 Å². The second-order valence-electron chi connectivity index (χ2n) is 6.95. The number of nitrogens with zero attached hydrogens (tertiary/aromatic N) is 1. The first kappa shape index (κ1) is 15.5. The van der Waals surface area contributed by atoms with Crippen LogP contribution in [0, 0.1) is 12.3 Å². The molecule has 0 bridgehead atoms. The van der Waals surface area contributed by atoms with Crippen LogP contribution in [0.4, 0.5) is 0 Å². The topological polar surface area (TPSA) is 49.4 Å². The van der Waals surface area contributed by atoms with Crippen molar-refractivity contribution in [1.29, 1.82) is 0 Å². The van der Waals surface area contributed by atoms with Gasteiger partial charge in [0.2, 0.25) is 11.8 Å². The average molecular weight is 288 g/mol. The third-order valence-corrected chi connectivity index (χ3v) is 3.87. The maximum absolute atomic E-state index is 12.5. The molecule has 1 aliphatic rings. The van der Waals surface area contributed by atoms with Gasteiger partial charge in [0.05, 0.1) is 0 Å². The number of rotatable bonds is 2. The van der Waals surface area contributed by atoms with Gasteiger partial charge in [0.15, 0.2) is 0 Å². The summed E-state index contributed by atoms with van der Waals surface area (Å²) in [6, 6.07) is 7.18. The zero-order valence-corrected chi connectivity index (χ0v) is 13.4. The molecule has 2 atom stereocenters. The Kier molecular flexibility index (Phi) is 4.08. The van der Waals surface area contributed by atoms with Crippen LogP contribution >= 0.6 is 0 Å². The van der Waals surface area contributed by atoms with E-state index >= 15 is 0 Å². The Morgan fingerprint density at radius 3 is 2.24 bits per heavy atom. The minimum Gasteiger partial charge on any atom is -0.343 e. The summed E-state index contributed by atoms with van der Waals surface area (Å²) in [4.78, 5) is 26.6. The summed E-state index contributed by atoms with van der Waals surface area (Å²) in [5.41, 5.74) is 1.93. The van der Waals surface area contributed by atoms with Crippen molar-refractivity contribution in [3.63, 3.8) is 0 Å². The lowest BCUT2D eigenvalue weighted by molar-refractivity contribution is -0.154. The lowest BCUT2D eigenvalue weighted by Crippen LogP contribution is -2.65. The van der Waals surface area contributed by atoms with Crippen molar-refractivity contribution in [2.24, 2.45) is 5.41 Å². The van der Waals surface area contributed by atoms with Gasteiger partial charge < -0.3 is 10.2 Å². The molecule has 1 aromatic carbocycles. The molecular weight excluding hydrogens is 264 g/mol. The first-order valence-corrected chi connectivity index (χ1v) is 7.36. The van der Waals surface area contributed by atoms with Crippen molar-refractivity contribution >= 4 is 11.8 Å². The van der Waals surface area contributed by atoms with Gasteiger partial charge in [-0.15, -0.1) is 0 Å². The number of benzene rings is 1.